The molecule has 1 saturated carbocycles. The zero-order chi connectivity index (χ0) is 12.5. The third-order valence-electron chi connectivity index (χ3n) is 3.63. The van der Waals surface area contributed by atoms with Crippen LogP contribution < -0.4 is 5.73 Å². The standard InChI is InChI=1S/C13H23N3O/c1-13(2,3)10(14)12-15-11(16-17-12)9-7-5-4-6-8-9/h9-10H,4-8,14H2,1-3H3. The van der Waals surface area contributed by atoms with Crippen LogP contribution in [0.4, 0.5) is 0 Å². The first-order chi connectivity index (χ1) is 7.98. The van der Waals surface area contributed by atoms with E-state index >= 15 is 0 Å². The van der Waals surface area contributed by atoms with Crippen molar-refractivity contribution in [3.8, 4) is 0 Å². The van der Waals surface area contributed by atoms with Crippen molar-refractivity contribution < 1.29 is 4.52 Å². The van der Waals surface area contributed by atoms with Crippen LogP contribution in [0, 0.1) is 5.41 Å². The van der Waals surface area contributed by atoms with Crippen molar-refractivity contribution >= 4 is 0 Å². The predicted molar refractivity (Wildman–Crippen MR) is 66.5 cm³/mol. The molecule has 0 bridgehead atoms. The quantitative estimate of drug-likeness (QED) is 0.858. The van der Waals surface area contributed by atoms with Gasteiger partial charge in [-0.1, -0.05) is 45.2 Å². The van der Waals surface area contributed by atoms with Crippen LogP contribution >= 0.6 is 0 Å². The molecule has 1 atom stereocenters. The Morgan fingerprint density at radius 3 is 2.47 bits per heavy atom. The zero-order valence-corrected chi connectivity index (χ0v) is 11.1. The third-order valence-corrected chi connectivity index (χ3v) is 3.63. The van der Waals surface area contributed by atoms with E-state index in [1.165, 1.54) is 32.1 Å². The molecular weight excluding hydrogens is 214 g/mol. The van der Waals surface area contributed by atoms with Gasteiger partial charge in [0.05, 0.1) is 6.04 Å². The summed E-state index contributed by atoms with van der Waals surface area (Å²) in [6.45, 7) is 6.26. The maximum Gasteiger partial charge on any atom is 0.244 e. The van der Waals surface area contributed by atoms with Crippen LogP contribution in [0.2, 0.25) is 0 Å². The first-order valence-electron chi connectivity index (χ1n) is 6.57. The summed E-state index contributed by atoms with van der Waals surface area (Å²) in [6, 6.07) is -0.188. The highest BCUT2D eigenvalue weighted by Gasteiger charge is 2.29. The Morgan fingerprint density at radius 1 is 1.24 bits per heavy atom. The van der Waals surface area contributed by atoms with Gasteiger partial charge in [0.1, 0.15) is 0 Å². The number of hydrogen-bond acceptors (Lipinski definition) is 4. The fourth-order valence-corrected chi connectivity index (χ4v) is 2.27. The molecule has 0 spiro atoms. The average Bonchev–Trinajstić information content (AvgIpc) is 2.77. The highest BCUT2D eigenvalue weighted by Crippen LogP contribution is 2.33. The van der Waals surface area contributed by atoms with E-state index in [1.807, 2.05) is 0 Å². The van der Waals surface area contributed by atoms with Gasteiger partial charge in [-0.05, 0) is 18.3 Å². The van der Waals surface area contributed by atoms with Gasteiger partial charge >= 0.3 is 0 Å². The first-order valence-corrected chi connectivity index (χ1v) is 6.57. The summed E-state index contributed by atoms with van der Waals surface area (Å²) in [6.07, 6.45) is 6.26. The first kappa shape index (κ1) is 12.6. The van der Waals surface area contributed by atoms with E-state index in [0.29, 0.717) is 11.8 Å². The molecule has 1 unspecified atom stereocenters. The van der Waals surface area contributed by atoms with E-state index in [2.05, 4.69) is 30.9 Å². The lowest BCUT2D eigenvalue weighted by Crippen LogP contribution is -2.26. The molecule has 17 heavy (non-hydrogen) atoms. The summed E-state index contributed by atoms with van der Waals surface area (Å²) in [5, 5.41) is 4.11. The van der Waals surface area contributed by atoms with Crippen LogP contribution in [0.3, 0.4) is 0 Å². The number of nitrogens with zero attached hydrogens (tertiary/aromatic N) is 2. The molecule has 0 aromatic carbocycles. The molecule has 0 amide bonds. The minimum atomic E-state index is -0.188. The van der Waals surface area contributed by atoms with Crippen LogP contribution in [-0.4, -0.2) is 10.1 Å². The van der Waals surface area contributed by atoms with Crippen molar-refractivity contribution in [2.75, 3.05) is 0 Å². The van der Waals surface area contributed by atoms with Crippen molar-refractivity contribution in [3.05, 3.63) is 11.7 Å². The Balaban J connectivity index is 2.10. The lowest BCUT2D eigenvalue weighted by Gasteiger charge is -2.23. The molecule has 0 saturated heterocycles. The topological polar surface area (TPSA) is 64.9 Å². The number of nitrogens with two attached hydrogens (primary N) is 1. The van der Waals surface area contributed by atoms with E-state index in [4.69, 9.17) is 10.3 Å². The van der Waals surface area contributed by atoms with Crippen molar-refractivity contribution in [3.63, 3.8) is 0 Å². The molecule has 1 aromatic rings. The van der Waals surface area contributed by atoms with E-state index < -0.39 is 0 Å². The normalized spacial score (nSPS) is 20.5. The second kappa shape index (κ2) is 4.77. The number of aromatic nitrogens is 2. The molecular formula is C13H23N3O. The molecule has 1 aromatic heterocycles. The average molecular weight is 237 g/mol. The third kappa shape index (κ3) is 2.86. The lowest BCUT2D eigenvalue weighted by atomic mass is 9.87. The Hall–Kier alpha value is -0.900. The molecule has 0 radical (unpaired) electrons. The van der Waals surface area contributed by atoms with Gasteiger partial charge in [-0.15, -0.1) is 0 Å². The fraction of sp³-hybridized carbons (Fsp3) is 0.846. The Labute approximate surface area is 103 Å². The maximum absolute atomic E-state index is 6.12. The molecule has 1 aliphatic carbocycles. The van der Waals surface area contributed by atoms with E-state index in [-0.39, 0.29) is 11.5 Å². The SMILES string of the molecule is CC(C)(C)C(N)c1nc(C2CCCCC2)no1. The number of rotatable bonds is 2. The maximum atomic E-state index is 6.12. The smallest absolute Gasteiger partial charge is 0.244 e. The lowest BCUT2D eigenvalue weighted by molar-refractivity contribution is 0.251. The summed E-state index contributed by atoms with van der Waals surface area (Å²) in [4.78, 5) is 4.50. The molecule has 1 heterocycles. The van der Waals surface area contributed by atoms with Gasteiger partial charge in [0.25, 0.3) is 0 Å². The molecule has 1 aliphatic rings. The highest BCUT2D eigenvalue weighted by molar-refractivity contribution is 5.01. The summed E-state index contributed by atoms with van der Waals surface area (Å²) in [5.41, 5.74) is 6.07. The van der Waals surface area contributed by atoms with Gasteiger partial charge in [-0.2, -0.15) is 4.98 Å². The van der Waals surface area contributed by atoms with Gasteiger partial charge in [-0.3, -0.25) is 0 Å². The Bertz CT molecular complexity index is 361. The fourth-order valence-electron chi connectivity index (χ4n) is 2.27. The van der Waals surface area contributed by atoms with Gasteiger partial charge in [0.2, 0.25) is 5.89 Å². The van der Waals surface area contributed by atoms with Gasteiger partial charge < -0.3 is 10.3 Å². The van der Waals surface area contributed by atoms with Crippen molar-refractivity contribution in [1.82, 2.24) is 10.1 Å². The van der Waals surface area contributed by atoms with E-state index in [9.17, 15) is 0 Å². The van der Waals surface area contributed by atoms with Gasteiger partial charge in [0.15, 0.2) is 5.82 Å². The summed E-state index contributed by atoms with van der Waals surface area (Å²) in [5.74, 6) is 1.92. The largest absolute Gasteiger partial charge is 0.338 e. The summed E-state index contributed by atoms with van der Waals surface area (Å²) >= 11 is 0. The van der Waals surface area contributed by atoms with E-state index in [1.54, 1.807) is 0 Å². The van der Waals surface area contributed by atoms with Crippen LogP contribution in [0.1, 0.15) is 76.6 Å². The molecule has 4 nitrogen and oxygen atoms in total. The van der Waals surface area contributed by atoms with Crippen LogP contribution in [-0.2, 0) is 0 Å². The van der Waals surface area contributed by atoms with Crippen LogP contribution in [0.15, 0.2) is 4.52 Å². The van der Waals surface area contributed by atoms with Crippen molar-refractivity contribution in [1.29, 1.82) is 0 Å². The van der Waals surface area contributed by atoms with Gasteiger partial charge in [-0.25, -0.2) is 0 Å². The zero-order valence-electron chi connectivity index (χ0n) is 11.1. The summed E-state index contributed by atoms with van der Waals surface area (Å²) in [7, 11) is 0. The Kier molecular flexibility index (Phi) is 3.52. The Morgan fingerprint density at radius 2 is 1.88 bits per heavy atom. The number of hydrogen-bond donors (Lipinski definition) is 1. The van der Waals surface area contributed by atoms with Crippen molar-refractivity contribution in [2.45, 2.75) is 64.8 Å². The molecule has 0 aliphatic heterocycles. The minimum absolute atomic E-state index is 0.0453. The second-order valence-electron chi connectivity index (χ2n) is 6.17. The molecule has 4 heteroatoms. The van der Waals surface area contributed by atoms with Gasteiger partial charge in [0, 0.05) is 5.92 Å². The molecule has 2 N–H and O–H groups in total. The molecule has 96 valence electrons. The second-order valence-corrected chi connectivity index (χ2v) is 6.17. The summed E-state index contributed by atoms with van der Waals surface area (Å²) < 4.78 is 5.32. The predicted octanol–water partition coefficient (Wildman–Crippen LogP) is 3.16. The monoisotopic (exact) mass is 237 g/mol. The van der Waals surface area contributed by atoms with E-state index in [0.717, 1.165) is 5.82 Å². The van der Waals surface area contributed by atoms with Crippen LogP contribution in [0.5, 0.6) is 0 Å². The highest BCUT2D eigenvalue weighted by atomic mass is 16.5. The van der Waals surface area contributed by atoms with Crippen molar-refractivity contribution in [2.24, 2.45) is 11.1 Å². The van der Waals surface area contributed by atoms with Crippen LogP contribution in [0.25, 0.3) is 0 Å². The minimum Gasteiger partial charge on any atom is -0.338 e. The molecule has 2 rings (SSSR count). The molecule has 1 fully saturated rings.